The molecular weight excluding hydrogens is 442 g/mol. The number of amides is 1. The number of aromatic nitrogens is 4. The average molecular weight is 464 g/mol. The lowest BCUT2D eigenvalue weighted by Gasteiger charge is -2.17. The van der Waals surface area contributed by atoms with Gasteiger partial charge in [0.1, 0.15) is 12.4 Å². The fourth-order valence-corrected chi connectivity index (χ4v) is 3.51. The third kappa shape index (κ3) is 4.82. The first-order chi connectivity index (χ1) is 13.3. The molecule has 1 amide bonds. The van der Waals surface area contributed by atoms with E-state index in [0.717, 1.165) is 27.2 Å². The summed E-state index contributed by atoms with van der Waals surface area (Å²) in [6.07, 6.45) is 0. The summed E-state index contributed by atoms with van der Waals surface area (Å²) in [6, 6.07) is 7.61. The van der Waals surface area contributed by atoms with E-state index in [1.807, 2.05) is 45.0 Å². The van der Waals surface area contributed by atoms with E-state index in [1.54, 1.807) is 16.5 Å². The highest BCUT2D eigenvalue weighted by molar-refractivity contribution is 9.10. The summed E-state index contributed by atoms with van der Waals surface area (Å²) < 4.78 is 8.39. The Hall–Kier alpha value is -2.13. The Morgan fingerprint density at radius 2 is 1.93 bits per heavy atom. The van der Waals surface area contributed by atoms with E-state index in [4.69, 9.17) is 4.74 Å². The minimum atomic E-state index is 0.000282. The van der Waals surface area contributed by atoms with Crippen molar-refractivity contribution in [3.63, 3.8) is 0 Å². The van der Waals surface area contributed by atoms with Gasteiger partial charge in [0.2, 0.25) is 11.1 Å². The van der Waals surface area contributed by atoms with E-state index in [2.05, 4.69) is 31.0 Å². The number of fused-ring (bicyclic) bond motifs is 1. The molecule has 0 bridgehead atoms. The summed E-state index contributed by atoms with van der Waals surface area (Å²) in [6.45, 7) is 6.90. The maximum atomic E-state index is 12.4. The zero-order valence-corrected chi connectivity index (χ0v) is 18.7. The zero-order valence-electron chi connectivity index (χ0n) is 16.3. The summed E-state index contributed by atoms with van der Waals surface area (Å²) in [4.78, 5) is 22.9. The number of hydrogen-bond acceptors (Lipinski definition) is 6. The standard InChI is InChI=1S/C19H22BrN5O2S/c1-12-13(2)21-18-22-19(23-25(18)14(12)3)28-11-17(26)24(4)9-10-27-16-7-5-15(20)6-8-16/h5-8H,9-11H2,1-4H3. The molecule has 0 unspecified atom stereocenters. The van der Waals surface area contributed by atoms with Crippen molar-refractivity contribution < 1.29 is 9.53 Å². The first-order valence-corrected chi connectivity index (χ1v) is 10.6. The fraction of sp³-hybridized carbons (Fsp3) is 0.368. The number of benzene rings is 1. The van der Waals surface area contributed by atoms with Crippen molar-refractivity contribution in [3.8, 4) is 5.75 Å². The number of carbonyl (C=O) groups is 1. The Bertz CT molecular complexity index is 990. The molecule has 148 valence electrons. The number of carbonyl (C=O) groups excluding carboxylic acids is 1. The summed E-state index contributed by atoms with van der Waals surface area (Å²) in [5, 5.41) is 5.01. The minimum Gasteiger partial charge on any atom is -0.492 e. The summed E-state index contributed by atoms with van der Waals surface area (Å²) >= 11 is 4.70. The lowest BCUT2D eigenvalue weighted by Crippen LogP contribution is -2.32. The number of ether oxygens (including phenoxy) is 1. The molecule has 7 nitrogen and oxygen atoms in total. The predicted molar refractivity (Wildman–Crippen MR) is 113 cm³/mol. The number of thioether (sulfide) groups is 1. The fourth-order valence-electron chi connectivity index (χ4n) is 2.49. The molecule has 0 spiro atoms. The number of halogens is 1. The van der Waals surface area contributed by atoms with Gasteiger partial charge in [0, 0.05) is 22.9 Å². The lowest BCUT2D eigenvalue weighted by atomic mass is 10.2. The summed E-state index contributed by atoms with van der Waals surface area (Å²) in [7, 11) is 1.77. The lowest BCUT2D eigenvalue weighted by molar-refractivity contribution is -0.127. The van der Waals surface area contributed by atoms with Crippen molar-refractivity contribution >= 4 is 39.4 Å². The molecule has 0 fully saturated rings. The molecule has 1 aromatic carbocycles. The molecule has 3 rings (SSSR count). The van der Waals surface area contributed by atoms with Crippen LogP contribution in [0.1, 0.15) is 17.0 Å². The highest BCUT2D eigenvalue weighted by Gasteiger charge is 2.14. The van der Waals surface area contributed by atoms with Gasteiger partial charge in [0.25, 0.3) is 5.78 Å². The van der Waals surface area contributed by atoms with Crippen molar-refractivity contribution in [1.29, 1.82) is 0 Å². The molecule has 2 aromatic heterocycles. The monoisotopic (exact) mass is 463 g/mol. The van der Waals surface area contributed by atoms with Gasteiger partial charge < -0.3 is 9.64 Å². The van der Waals surface area contributed by atoms with Gasteiger partial charge in [-0.3, -0.25) is 4.79 Å². The van der Waals surface area contributed by atoms with Crippen molar-refractivity contribution in [2.24, 2.45) is 0 Å². The summed E-state index contributed by atoms with van der Waals surface area (Å²) in [5.74, 6) is 1.61. The van der Waals surface area contributed by atoms with Gasteiger partial charge in [-0.1, -0.05) is 27.7 Å². The molecule has 0 saturated carbocycles. The molecule has 3 aromatic rings. The Balaban J connectivity index is 1.51. The van der Waals surface area contributed by atoms with Crippen LogP contribution in [0.3, 0.4) is 0 Å². The van der Waals surface area contributed by atoms with Gasteiger partial charge in [-0.05, 0) is 50.6 Å². The van der Waals surface area contributed by atoms with Gasteiger partial charge in [-0.25, -0.2) is 9.50 Å². The molecule has 9 heteroatoms. The van der Waals surface area contributed by atoms with Crippen LogP contribution in [0.2, 0.25) is 0 Å². The van der Waals surface area contributed by atoms with Crippen LogP contribution < -0.4 is 4.74 Å². The van der Waals surface area contributed by atoms with E-state index in [-0.39, 0.29) is 11.7 Å². The van der Waals surface area contributed by atoms with Crippen molar-refractivity contribution in [2.45, 2.75) is 25.9 Å². The van der Waals surface area contributed by atoms with Crippen LogP contribution in [0, 0.1) is 20.8 Å². The molecule has 0 atom stereocenters. The van der Waals surface area contributed by atoms with E-state index < -0.39 is 0 Å². The second-order valence-electron chi connectivity index (χ2n) is 6.42. The molecule has 2 heterocycles. The van der Waals surface area contributed by atoms with Gasteiger partial charge in [0.15, 0.2) is 0 Å². The molecule has 0 aliphatic heterocycles. The molecule has 0 N–H and O–H groups in total. The second-order valence-corrected chi connectivity index (χ2v) is 8.28. The van der Waals surface area contributed by atoms with E-state index in [1.165, 1.54) is 11.8 Å². The SMILES string of the molecule is Cc1nc2nc(SCC(=O)N(C)CCOc3ccc(Br)cc3)nn2c(C)c1C. The highest BCUT2D eigenvalue weighted by Crippen LogP contribution is 2.18. The molecule has 28 heavy (non-hydrogen) atoms. The molecule has 0 saturated heterocycles. The largest absolute Gasteiger partial charge is 0.492 e. The Labute approximate surface area is 176 Å². The second kappa shape index (κ2) is 8.91. The number of hydrogen-bond donors (Lipinski definition) is 0. The predicted octanol–water partition coefficient (Wildman–Crippen LogP) is 3.44. The van der Waals surface area contributed by atoms with Gasteiger partial charge >= 0.3 is 0 Å². The quantitative estimate of drug-likeness (QED) is 0.499. The molecular formula is C19H22BrN5O2S. The normalized spacial score (nSPS) is 11.0. The average Bonchev–Trinajstić information content (AvgIpc) is 3.08. The molecule has 0 aliphatic carbocycles. The Morgan fingerprint density at radius 1 is 1.21 bits per heavy atom. The Morgan fingerprint density at radius 3 is 2.64 bits per heavy atom. The first kappa shape index (κ1) is 20.6. The Kier molecular flexibility index (Phi) is 6.56. The summed E-state index contributed by atoms with van der Waals surface area (Å²) in [5.41, 5.74) is 3.04. The first-order valence-electron chi connectivity index (χ1n) is 8.81. The topological polar surface area (TPSA) is 72.6 Å². The van der Waals surface area contributed by atoms with Crippen LogP contribution in [0.5, 0.6) is 5.75 Å². The van der Waals surface area contributed by atoms with Gasteiger partial charge in [-0.2, -0.15) is 4.98 Å². The maximum Gasteiger partial charge on any atom is 0.253 e. The number of aryl methyl sites for hydroxylation is 2. The van der Waals surface area contributed by atoms with Crippen LogP contribution >= 0.6 is 27.7 Å². The third-order valence-electron chi connectivity index (χ3n) is 4.50. The van der Waals surface area contributed by atoms with Crippen molar-refractivity contribution in [3.05, 3.63) is 45.7 Å². The number of likely N-dealkylation sites (N-methyl/N-ethyl adjacent to an activating group) is 1. The van der Waals surface area contributed by atoms with Crippen LogP contribution in [-0.4, -0.2) is 56.3 Å². The van der Waals surface area contributed by atoms with Crippen LogP contribution in [0.15, 0.2) is 33.9 Å². The van der Waals surface area contributed by atoms with Crippen LogP contribution in [-0.2, 0) is 4.79 Å². The molecule has 0 aliphatic rings. The minimum absolute atomic E-state index is 0.000282. The highest BCUT2D eigenvalue weighted by atomic mass is 79.9. The maximum absolute atomic E-state index is 12.4. The smallest absolute Gasteiger partial charge is 0.253 e. The van der Waals surface area contributed by atoms with E-state index >= 15 is 0 Å². The third-order valence-corrected chi connectivity index (χ3v) is 5.85. The van der Waals surface area contributed by atoms with Crippen molar-refractivity contribution in [1.82, 2.24) is 24.5 Å². The number of nitrogens with zero attached hydrogens (tertiary/aromatic N) is 5. The van der Waals surface area contributed by atoms with Gasteiger partial charge in [0.05, 0.1) is 12.3 Å². The van der Waals surface area contributed by atoms with Crippen molar-refractivity contribution in [2.75, 3.05) is 26.0 Å². The molecule has 0 radical (unpaired) electrons. The van der Waals surface area contributed by atoms with E-state index in [9.17, 15) is 4.79 Å². The van der Waals surface area contributed by atoms with Crippen LogP contribution in [0.4, 0.5) is 0 Å². The van der Waals surface area contributed by atoms with E-state index in [0.29, 0.717) is 24.1 Å². The van der Waals surface area contributed by atoms with Crippen LogP contribution in [0.25, 0.3) is 5.78 Å². The van der Waals surface area contributed by atoms with Gasteiger partial charge in [-0.15, -0.1) is 5.10 Å². The number of rotatable bonds is 7. The zero-order chi connectivity index (χ0) is 20.3.